The smallest absolute Gasteiger partial charge is 0.325 e. The largest absolute Gasteiger partial charge is 0.480 e. The van der Waals surface area contributed by atoms with Gasteiger partial charge >= 0.3 is 5.97 Å². The summed E-state index contributed by atoms with van der Waals surface area (Å²) in [6.45, 7) is 4.53. The van der Waals surface area contributed by atoms with Crippen LogP contribution in [0.3, 0.4) is 0 Å². The lowest BCUT2D eigenvalue weighted by molar-refractivity contribution is -0.144. The van der Waals surface area contributed by atoms with Crippen molar-refractivity contribution in [3.63, 3.8) is 0 Å². The average Bonchev–Trinajstić information content (AvgIpc) is 2.98. The van der Waals surface area contributed by atoms with E-state index in [-0.39, 0.29) is 0 Å². The molecule has 0 bridgehead atoms. The Hall–Kier alpha value is -1.66. The molecule has 0 spiro atoms. The van der Waals surface area contributed by atoms with E-state index >= 15 is 0 Å². The first-order valence-electron chi connectivity index (χ1n) is 6.10. The maximum atomic E-state index is 11.4. The summed E-state index contributed by atoms with van der Waals surface area (Å²) in [6.07, 6.45) is 3.51. The van der Waals surface area contributed by atoms with Crippen LogP contribution >= 0.6 is 11.3 Å². The van der Waals surface area contributed by atoms with E-state index in [2.05, 4.69) is 10.3 Å². The number of thiophene rings is 1. The molecule has 1 atom stereocenters. The molecule has 6 heteroatoms. The first kappa shape index (κ1) is 13.8. The van der Waals surface area contributed by atoms with Gasteiger partial charge in [0.15, 0.2) is 0 Å². The molecule has 0 amide bonds. The highest BCUT2D eigenvalue weighted by Crippen LogP contribution is 2.24. The summed E-state index contributed by atoms with van der Waals surface area (Å²) in [7, 11) is 0. The summed E-state index contributed by atoms with van der Waals surface area (Å²) in [4.78, 5) is 16.8. The molecular formula is C13H17N3O2S. The summed E-state index contributed by atoms with van der Waals surface area (Å²) < 4.78 is 1.88. The lowest BCUT2D eigenvalue weighted by Crippen LogP contribution is -2.52. The zero-order valence-corrected chi connectivity index (χ0v) is 11.8. The number of nitrogens with zero attached hydrogens (tertiary/aromatic N) is 2. The molecule has 0 radical (unpaired) electrons. The molecule has 0 aliphatic rings. The van der Waals surface area contributed by atoms with Crippen LogP contribution in [0.25, 0.3) is 10.7 Å². The second kappa shape index (κ2) is 5.54. The van der Waals surface area contributed by atoms with E-state index in [0.29, 0.717) is 13.1 Å². The van der Waals surface area contributed by atoms with E-state index in [9.17, 15) is 9.90 Å². The molecule has 0 aliphatic heterocycles. The van der Waals surface area contributed by atoms with Crippen molar-refractivity contribution in [3.8, 4) is 10.7 Å². The van der Waals surface area contributed by atoms with Gasteiger partial charge in [0.1, 0.15) is 11.4 Å². The molecule has 2 rings (SSSR count). The first-order chi connectivity index (χ1) is 9.07. The monoisotopic (exact) mass is 279 g/mol. The Morgan fingerprint density at radius 1 is 1.63 bits per heavy atom. The van der Waals surface area contributed by atoms with Crippen LogP contribution in [0.4, 0.5) is 0 Å². The fourth-order valence-electron chi connectivity index (χ4n) is 2.00. The average molecular weight is 279 g/mol. The summed E-state index contributed by atoms with van der Waals surface area (Å²) >= 11 is 1.59. The molecule has 0 saturated heterocycles. The summed E-state index contributed by atoms with van der Waals surface area (Å²) in [5, 5.41) is 14.4. The number of carboxylic acids is 1. The van der Waals surface area contributed by atoms with Crippen molar-refractivity contribution < 1.29 is 9.90 Å². The van der Waals surface area contributed by atoms with E-state index < -0.39 is 11.5 Å². The van der Waals surface area contributed by atoms with Crippen LogP contribution in [0.2, 0.25) is 0 Å². The van der Waals surface area contributed by atoms with Gasteiger partial charge in [-0.25, -0.2) is 4.98 Å². The van der Waals surface area contributed by atoms with Gasteiger partial charge in [-0.15, -0.1) is 11.3 Å². The summed E-state index contributed by atoms with van der Waals surface area (Å²) in [5.41, 5.74) is -0.999. The zero-order valence-electron chi connectivity index (χ0n) is 11.0. The van der Waals surface area contributed by atoms with Gasteiger partial charge in [-0.2, -0.15) is 0 Å². The second-order valence-electron chi connectivity index (χ2n) is 4.52. The number of carbonyl (C=O) groups is 1. The van der Waals surface area contributed by atoms with Crippen LogP contribution in [-0.4, -0.2) is 32.7 Å². The van der Waals surface area contributed by atoms with E-state index in [1.807, 2.05) is 35.2 Å². The molecule has 1 unspecified atom stereocenters. The van der Waals surface area contributed by atoms with Crippen molar-refractivity contribution in [1.29, 1.82) is 0 Å². The van der Waals surface area contributed by atoms with E-state index in [0.717, 1.165) is 10.7 Å². The topological polar surface area (TPSA) is 67.2 Å². The normalized spacial score (nSPS) is 14.2. The summed E-state index contributed by atoms with van der Waals surface area (Å²) in [5.74, 6) is -0.0550. The van der Waals surface area contributed by atoms with E-state index in [4.69, 9.17) is 0 Å². The molecule has 2 aromatic heterocycles. The molecule has 0 aliphatic carbocycles. The standard InChI is InChI=1S/C13H17N3O2S/c1-3-15-13(2,12(17)18)9-16-7-6-14-11(16)10-5-4-8-19-10/h4-8,15H,3,9H2,1-2H3,(H,17,18). The van der Waals surface area contributed by atoms with Gasteiger partial charge in [-0.1, -0.05) is 13.0 Å². The number of nitrogens with one attached hydrogen (secondary N) is 1. The quantitative estimate of drug-likeness (QED) is 0.849. The molecule has 0 saturated carbocycles. The third kappa shape index (κ3) is 2.85. The van der Waals surface area contributed by atoms with Crippen LogP contribution < -0.4 is 5.32 Å². The number of imidazole rings is 1. The molecule has 2 aromatic rings. The second-order valence-corrected chi connectivity index (χ2v) is 5.47. The Balaban J connectivity index is 2.28. The van der Waals surface area contributed by atoms with Crippen molar-refractivity contribution in [2.75, 3.05) is 6.54 Å². The van der Waals surface area contributed by atoms with Gasteiger partial charge in [0.05, 0.1) is 11.4 Å². The fourth-order valence-corrected chi connectivity index (χ4v) is 2.73. The maximum Gasteiger partial charge on any atom is 0.325 e. The molecule has 5 nitrogen and oxygen atoms in total. The molecule has 19 heavy (non-hydrogen) atoms. The number of rotatable bonds is 6. The Labute approximate surface area is 115 Å². The highest BCUT2D eigenvalue weighted by Gasteiger charge is 2.33. The fraction of sp³-hybridized carbons (Fsp3) is 0.385. The number of carboxylic acid groups (broad SMARTS) is 1. The van der Waals surface area contributed by atoms with Crippen LogP contribution in [0.15, 0.2) is 29.9 Å². The van der Waals surface area contributed by atoms with Crippen LogP contribution in [0, 0.1) is 0 Å². The number of likely N-dealkylation sites (N-methyl/N-ethyl adjacent to an activating group) is 1. The Morgan fingerprint density at radius 3 is 3.00 bits per heavy atom. The highest BCUT2D eigenvalue weighted by molar-refractivity contribution is 7.13. The lowest BCUT2D eigenvalue weighted by atomic mass is 10.0. The Morgan fingerprint density at radius 2 is 2.42 bits per heavy atom. The van der Waals surface area contributed by atoms with Crippen LogP contribution in [0.5, 0.6) is 0 Å². The Kier molecular flexibility index (Phi) is 4.01. The predicted octanol–water partition coefficient (Wildman–Crippen LogP) is 2.06. The molecule has 2 heterocycles. The molecule has 102 valence electrons. The van der Waals surface area contributed by atoms with Gasteiger partial charge in [0, 0.05) is 12.4 Å². The molecule has 0 fully saturated rings. The number of aromatic nitrogens is 2. The van der Waals surface area contributed by atoms with Crippen molar-refractivity contribution in [2.24, 2.45) is 0 Å². The third-order valence-electron chi connectivity index (χ3n) is 2.98. The first-order valence-corrected chi connectivity index (χ1v) is 6.98. The maximum absolute atomic E-state index is 11.4. The number of aliphatic carboxylic acids is 1. The SMILES string of the molecule is CCNC(C)(Cn1ccnc1-c1cccs1)C(=O)O. The minimum Gasteiger partial charge on any atom is -0.480 e. The van der Waals surface area contributed by atoms with E-state index in [1.54, 1.807) is 24.5 Å². The Bertz CT molecular complexity index is 550. The minimum atomic E-state index is -0.999. The number of hydrogen-bond donors (Lipinski definition) is 2. The minimum absolute atomic E-state index is 0.337. The highest BCUT2D eigenvalue weighted by atomic mass is 32.1. The van der Waals surface area contributed by atoms with Gasteiger partial charge in [0.2, 0.25) is 0 Å². The van der Waals surface area contributed by atoms with Gasteiger partial charge in [0.25, 0.3) is 0 Å². The molecule has 2 N–H and O–H groups in total. The van der Waals surface area contributed by atoms with Gasteiger partial charge < -0.3 is 15.0 Å². The van der Waals surface area contributed by atoms with E-state index in [1.165, 1.54) is 0 Å². The van der Waals surface area contributed by atoms with Gasteiger partial charge in [-0.05, 0) is 24.9 Å². The van der Waals surface area contributed by atoms with Crippen LogP contribution in [-0.2, 0) is 11.3 Å². The van der Waals surface area contributed by atoms with Crippen molar-refractivity contribution in [2.45, 2.75) is 25.9 Å². The predicted molar refractivity (Wildman–Crippen MR) is 75.3 cm³/mol. The number of hydrogen-bond acceptors (Lipinski definition) is 4. The van der Waals surface area contributed by atoms with Crippen molar-refractivity contribution in [1.82, 2.24) is 14.9 Å². The zero-order chi connectivity index (χ0) is 13.9. The third-order valence-corrected chi connectivity index (χ3v) is 3.85. The van der Waals surface area contributed by atoms with Crippen molar-refractivity contribution >= 4 is 17.3 Å². The summed E-state index contributed by atoms with van der Waals surface area (Å²) in [6, 6.07) is 3.94. The molecule has 0 aromatic carbocycles. The molecular weight excluding hydrogens is 262 g/mol. The van der Waals surface area contributed by atoms with Gasteiger partial charge in [-0.3, -0.25) is 4.79 Å². The van der Waals surface area contributed by atoms with Crippen molar-refractivity contribution in [3.05, 3.63) is 29.9 Å². The lowest BCUT2D eigenvalue weighted by Gasteiger charge is -2.26. The van der Waals surface area contributed by atoms with Crippen LogP contribution in [0.1, 0.15) is 13.8 Å².